The predicted molar refractivity (Wildman–Crippen MR) is 45.9 cm³/mol. The van der Waals surface area contributed by atoms with Crippen LogP contribution in [0.1, 0.15) is 13.3 Å². The van der Waals surface area contributed by atoms with Gasteiger partial charge >= 0.3 is 5.97 Å². The third kappa shape index (κ3) is 4.10. The highest BCUT2D eigenvalue weighted by Gasteiger charge is 2.07. The summed E-state index contributed by atoms with van der Waals surface area (Å²) in [7, 11) is 0. The number of aliphatic hydroxyl groups is 1. The van der Waals surface area contributed by atoms with Crippen LogP contribution in [0.15, 0.2) is 12.2 Å². The minimum atomic E-state index is -1.00. The predicted octanol–water partition coefficient (Wildman–Crippen LogP) is -0.0123. The van der Waals surface area contributed by atoms with Crippen LogP contribution in [0.5, 0.6) is 0 Å². The van der Waals surface area contributed by atoms with Crippen LogP contribution >= 0.6 is 0 Å². The van der Waals surface area contributed by atoms with Crippen LogP contribution in [0.2, 0.25) is 0 Å². The van der Waals surface area contributed by atoms with Gasteiger partial charge in [-0.3, -0.25) is 0 Å². The molecule has 0 rings (SSSR count). The third-order valence-electron chi connectivity index (χ3n) is 1.62. The van der Waals surface area contributed by atoms with Gasteiger partial charge in [-0.25, -0.2) is 4.79 Å². The van der Waals surface area contributed by atoms with Crippen LogP contribution in [-0.2, 0) is 4.79 Å². The molecule has 0 fully saturated rings. The molecule has 0 radical (unpaired) electrons. The molecule has 0 bridgehead atoms. The van der Waals surface area contributed by atoms with Gasteiger partial charge in [0.25, 0.3) is 0 Å². The van der Waals surface area contributed by atoms with Crippen molar-refractivity contribution in [2.75, 3.05) is 13.2 Å². The van der Waals surface area contributed by atoms with E-state index in [4.69, 9.17) is 10.2 Å². The fraction of sp³-hybridized carbons (Fsp3) is 0.625. The lowest BCUT2D eigenvalue weighted by atomic mass is 10.2. The molecular formula is C8H15NO3. The van der Waals surface area contributed by atoms with E-state index < -0.39 is 5.97 Å². The molecule has 0 aromatic rings. The van der Waals surface area contributed by atoms with Crippen molar-refractivity contribution in [1.29, 1.82) is 0 Å². The quantitative estimate of drug-likeness (QED) is 0.494. The van der Waals surface area contributed by atoms with Crippen LogP contribution < -0.4 is 5.32 Å². The molecule has 12 heavy (non-hydrogen) atoms. The van der Waals surface area contributed by atoms with Crippen molar-refractivity contribution < 1.29 is 15.0 Å². The Balaban J connectivity index is 3.66. The molecule has 0 saturated heterocycles. The summed E-state index contributed by atoms with van der Waals surface area (Å²) >= 11 is 0. The normalized spacial score (nSPS) is 12.5. The number of rotatable bonds is 6. The first-order chi connectivity index (χ1) is 5.61. The fourth-order valence-corrected chi connectivity index (χ4v) is 0.681. The van der Waals surface area contributed by atoms with Crippen molar-refractivity contribution in [3.05, 3.63) is 12.2 Å². The van der Waals surface area contributed by atoms with E-state index in [0.29, 0.717) is 0 Å². The van der Waals surface area contributed by atoms with E-state index >= 15 is 0 Å². The van der Waals surface area contributed by atoms with Crippen molar-refractivity contribution in [3.8, 4) is 0 Å². The van der Waals surface area contributed by atoms with Gasteiger partial charge in [0.05, 0.1) is 6.61 Å². The second kappa shape index (κ2) is 5.74. The Morgan fingerprint density at radius 2 is 2.25 bits per heavy atom. The SMILES string of the molecule is C=C(CNC(CC)CO)C(=O)O. The second-order valence-corrected chi connectivity index (χ2v) is 2.58. The lowest BCUT2D eigenvalue weighted by Gasteiger charge is -2.13. The fourth-order valence-electron chi connectivity index (χ4n) is 0.681. The van der Waals surface area contributed by atoms with Gasteiger partial charge < -0.3 is 15.5 Å². The molecule has 0 spiro atoms. The van der Waals surface area contributed by atoms with Gasteiger partial charge in [0.15, 0.2) is 0 Å². The van der Waals surface area contributed by atoms with Gasteiger partial charge in [0.2, 0.25) is 0 Å². The van der Waals surface area contributed by atoms with Crippen LogP contribution in [0, 0.1) is 0 Å². The molecule has 0 saturated carbocycles. The molecule has 0 aliphatic rings. The number of carbonyl (C=O) groups is 1. The Kier molecular flexibility index (Phi) is 5.32. The third-order valence-corrected chi connectivity index (χ3v) is 1.62. The zero-order valence-corrected chi connectivity index (χ0v) is 7.21. The first-order valence-electron chi connectivity index (χ1n) is 3.87. The molecule has 0 aromatic heterocycles. The standard InChI is InChI=1S/C8H15NO3/c1-3-7(5-10)9-4-6(2)8(11)12/h7,9-10H,2-5H2,1H3,(H,11,12). The van der Waals surface area contributed by atoms with Gasteiger partial charge in [-0.15, -0.1) is 0 Å². The molecule has 4 heteroatoms. The van der Waals surface area contributed by atoms with E-state index in [9.17, 15) is 4.79 Å². The van der Waals surface area contributed by atoms with E-state index in [-0.39, 0.29) is 24.8 Å². The van der Waals surface area contributed by atoms with Gasteiger partial charge in [0.1, 0.15) is 0 Å². The van der Waals surface area contributed by atoms with Gasteiger partial charge in [0, 0.05) is 18.2 Å². The molecule has 0 aliphatic heterocycles. The largest absolute Gasteiger partial charge is 0.478 e. The van der Waals surface area contributed by atoms with Crippen molar-refractivity contribution >= 4 is 5.97 Å². The molecule has 0 heterocycles. The van der Waals surface area contributed by atoms with Gasteiger partial charge in [-0.1, -0.05) is 13.5 Å². The van der Waals surface area contributed by atoms with E-state index in [1.807, 2.05) is 6.92 Å². The van der Waals surface area contributed by atoms with Gasteiger partial charge in [-0.05, 0) is 6.42 Å². The number of nitrogens with one attached hydrogen (secondary N) is 1. The average molecular weight is 173 g/mol. The summed E-state index contributed by atoms with van der Waals surface area (Å²) in [6.07, 6.45) is 0.767. The number of aliphatic carboxylic acids is 1. The molecule has 70 valence electrons. The molecule has 0 amide bonds. The first kappa shape index (κ1) is 11.1. The summed E-state index contributed by atoms with van der Waals surface area (Å²) < 4.78 is 0. The van der Waals surface area contributed by atoms with E-state index in [2.05, 4.69) is 11.9 Å². The maximum absolute atomic E-state index is 10.3. The van der Waals surface area contributed by atoms with Crippen LogP contribution in [0.25, 0.3) is 0 Å². The van der Waals surface area contributed by atoms with Crippen molar-refractivity contribution in [2.24, 2.45) is 0 Å². The van der Waals surface area contributed by atoms with Gasteiger partial charge in [-0.2, -0.15) is 0 Å². The summed E-state index contributed by atoms with van der Waals surface area (Å²) in [5.41, 5.74) is 0.113. The van der Waals surface area contributed by atoms with E-state index in [0.717, 1.165) is 6.42 Å². The maximum atomic E-state index is 10.3. The number of carboxylic acids is 1. The summed E-state index contributed by atoms with van der Waals surface area (Å²) in [6.45, 7) is 5.50. The molecule has 0 aromatic carbocycles. The summed E-state index contributed by atoms with van der Waals surface area (Å²) in [5.74, 6) is -1.00. The maximum Gasteiger partial charge on any atom is 0.332 e. The van der Waals surface area contributed by atoms with Crippen LogP contribution in [-0.4, -0.2) is 35.4 Å². The zero-order chi connectivity index (χ0) is 9.56. The Morgan fingerprint density at radius 1 is 1.67 bits per heavy atom. The lowest BCUT2D eigenvalue weighted by Crippen LogP contribution is -2.34. The average Bonchev–Trinajstić information content (AvgIpc) is 2.05. The monoisotopic (exact) mass is 173 g/mol. The molecule has 3 N–H and O–H groups in total. The molecule has 1 unspecified atom stereocenters. The number of aliphatic hydroxyl groups excluding tert-OH is 1. The number of carboxylic acid groups (broad SMARTS) is 1. The highest BCUT2D eigenvalue weighted by atomic mass is 16.4. The minimum absolute atomic E-state index is 0.0173. The molecule has 4 nitrogen and oxygen atoms in total. The number of hydrogen-bond acceptors (Lipinski definition) is 3. The zero-order valence-electron chi connectivity index (χ0n) is 7.21. The molecule has 1 atom stereocenters. The summed E-state index contributed by atoms with van der Waals surface area (Å²) in [6, 6.07) is -0.0406. The Hall–Kier alpha value is -0.870. The van der Waals surface area contributed by atoms with E-state index in [1.165, 1.54) is 0 Å². The lowest BCUT2D eigenvalue weighted by molar-refractivity contribution is -0.132. The highest BCUT2D eigenvalue weighted by molar-refractivity contribution is 5.86. The summed E-state index contributed by atoms with van der Waals surface area (Å²) in [5, 5.41) is 20.0. The Bertz CT molecular complexity index is 164. The van der Waals surface area contributed by atoms with Crippen molar-refractivity contribution in [2.45, 2.75) is 19.4 Å². The minimum Gasteiger partial charge on any atom is -0.478 e. The highest BCUT2D eigenvalue weighted by Crippen LogP contribution is 1.92. The topological polar surface area (TPSA) is 69.6 Å². The number of hydrogen-bond donors (Lipinski definition) is 3. The van der Waals surface area contributed by atoms with E-state index in [1.54, 1.807) is 0 Å². The summed E-state index contributed by atoms with van der Waals surface area (Å²) in [4.78, 5) is 10.3. The van der Waals surface area contributed by atoms with Crippen molar-refractivity contribution in [1.82, 2.24) is 5.32 Å². The second-order valence-electron chi connectivity index (χ2n) is 2.58. The van der Waals surface area contributed by atoms with Crippen molar-refractivity contribution in [3.63, 3.8) is 0 Å². The first-order valence-corrected chi connectivity index (χ1v) is 3.87. The molecular weight excluding hydrogens is 158 g/mol. The molecule has 0 aliphatic carbocycles. The Morgan fingerprint density at radius 3 is 2.58 bits per heavy atom. The smallest absolute Gasteiger partial charge is 0.332 e. The Labute approximate surface area is 71.9 Å². The van der Waals surface area contributed by atoms with Crippen LogP contribution in [0.3, 0.4) is 0 Å². The van der Waals surface area contributed by atoms with Crippen LogP contribution in [0.4, 0.5) is 0 Å².